The average molecular weight is 382 g/mol. The van der Waals surface area contributed by atoms with Crippen LogP contribution >= 0.6 is 0 Å². The minimum Gasteiger partial charge on any atom is -0.338 e. The number of carbonyl (C=O) groups is 1. The first kappa shape index (κ1) is 19.2. The highest BCUT2D eigenvalue weighted by molar-refractivity contribution is 5.95. The lowest BCUT2D eigenvalue weighted by Gasteiger charge is -2.37. The Balaban J connectivity index is 1.49. The molecular weight excluding hydrogens is 350 g/mol. The summed E-state index contributed by atoms with van der Waals surface area (Å²) < 4.78 is 1.85. The number of nitrogens with zero attached hydrogens (tertiary/aromatic N) is 3. The summed E-state index contributed by atoms with van der Waals surface area (Å²) in [6, 6.07) is 9.22. The Kier molecular flexibility index (Phi) is 5.51. The molecule has 2 fully saturated rings. The van der Waals surface area contributed by atoms with E-state index in [0.717, 1.165) is 50.3 Å². The molecule has 3 atom stereocenters. The fraction of sp³-hybridized carbons (Fsp3) is 0.545. The van der Waals surface area contributed by atoms with E-state index >= 15 is 0 Å². The molecule has 0 bridgehead atoms. The van der Waals surface area contributed by atoms with Crippen molar-refractivity contribution in [2.24, 2.45) is 5.92 Å². The molecule has 3 heterocycles. The van der Waals surface area contributed by atoms with Crippen molar-refractivity contribution in [3.05, 3.63) is 52.8 Å². The van der Waals surface area contributed by atoms with E-state index in [1.807, 2.05) is 29.6 Å². The number of carbonyl (C=O) groups excluding carboxylic acids is 1. The minimum atomic E-state index is 0.125. The summed E-state index contributed by atoms with van der Waals surface area (Å²) in [4.78, 5) is 15.2. The van der Waals surface area contributed by atoms with Gasteiger partial charge in [0.05, 0.1) is 11.3 Å². The van der Waals surface area contributed by atoms with Gasteiger partial charge in [-0.25, -0.2) is 0 Å². The van der Waals surface area contributed by atoms with E-state index in [0.29, 0.717) is 17.9 Å². The third-order valence-electron chi connectivity index (χ3n) is 6.28. The molecule has 28 heavy (non-hydrogen) atoms. The maximum atomic E-state index is 13.1. The van der Waals surface area contributed by atoms with Crippen molar-refractivity contribution in [3.63, 3.8) is 0 Å². The molecule has 6 heteroatoms. The summed E-state index contributed by atoms with van der Waals surface area (Å²) in [7, 11) is 0. The molecule has 0 radical (unpaired) electrons. The van der Waals surface area contributed by atoms with Gasteiger partial charge < -0.3 is 4.90 Å². The van der Waals surface area contributed by atoms with E-state index in [1.165, 1.54) is 11.1 Å². The van der Waals surface area contributed by atoms with Crippen LogP contribution in [0.15, 0.2) is 30.5 Å². The highest BCUT2D eigenvalue weighted by atomic mass is 16.2. The predicted octanol–water partition coefficient (Wildman–Crippen LogP) is 2.63. The van der Waals surface area contributed by atoms with Gasteiger partial charge in [-0.3, -0.25) is 20.3 Å². The topological polar surface area (TPSA) is 62.2 Å². The number of hydrogen-bond acceptors (Lipinski definition) is 4. The lowest BCUT2D eigenvalue weighted by Crippen LogP contribution is -2.48. The maximum Gasteiger partial charge on any atom is 0.257 e. The zero-order valence-electron chi connectivity index (χ0n) is 17.1. The van der Waals surface area contributed by atoms with Crippen LogP contribution in [-0.4, -0.2) is 46.3 Å². The molecule has 0 spiro atoms. The zero-order chi connectivity index (χ0) is 19.7. The van der Waals surface area contributed by atoms with E-state index in [-0.39, 0.29) is 5.91 Å². The van der Waals surface area contributed by atoms with Gasteiger partial charge in [0.15, 0.2) is 0 Å². The quantitative estimate of drug-likeness (QED) is 0.855. The smallest absolute Gasteiger partial charge is 0.257 e. The number of amides is 1. The maximum absolute atomic E-state index is 13.1. The van der Waals surface area contributed by atoms with Gasteiger partial charge in [-0.05, 0) is 45.1 Å². The third-order valence-corrected chi connectivity index (χ3v) is 6.28. The number of benzene rings is 1. The molecule has 2 aliphatic heterocycles. The van der Waals surface area contributed by atoms with Crippen LogP contribution in [0, 0.1) is 19.8 Å². The first-order valence-corrected chi connectivity index (χ1v) is 10.4. The average Bonchev–Trinajstić information content (AvgIpc) is 3.35. The molecule has 6 nitrogen and oxygen atoms in total. The lowest BCUT2D eigenvalue weighted by molar-refractivity contribution is 0.0643. The summed E-state index contributed by atoms with van der Waals surface area (Å²) in [6.45, 7) is 9.45. The fourth-order valence-electron chi connectivity index (χ4n) is 4.65. The number of piperidine rings is 1. The van der Waals surface area contributed by atoms with Crippen LogP contribution < -0.4 is 10.9 Å². The summed E-state index contributed by atoms with van der Waals surface area (Å²) in [6.07, 6.45) is 4.10. The van der Waals surface area contributed by atoms with Crippen molar-refractivity contribution in [2.75, 3.05) is 19.6 Å². The Morgan fingerprint density at radius 1 is 1.25 bits per heavy atom. The largest absolute Gasteiger partial charge is 0.338 e. The third kappa shape index (κ3) is 3.71. The second-order valence-corrected chi connectivity index (χ2v) is 8.21. The van der Waals surface area contributed by atoms with Crippen molar-refractivity contribution in [2.45, 2.75) is 52.1 Å². The van der Waals surface area contributed by atoms with Crippen molar-refractivity contribution < 1.29 is 4.79 Å². The van der Waals surface area contributed by atoms with E-state index in [1.54, 1.807) is 0 Å². The molecule has 2 aromatic rings. The summed E-state index contributed by atoms with van der Waals surface area (Å²) in [5.41, 5.74) is 11.1. The van der Waals surface area contributed by atoms with Gasteiger partial charge in [-0.15, -0.1) is 0 Å². The molecule has 1 amide bonds. The van der Waals surface area contributed by atoms with Gasteiger partial charge in [0, 0.05) is 44.3 Å². The van der Waals surface area contributed by atoms with Crippen LogP contribution in [0.25, 0.3) is 0 Å². The Morgan fingerprint density at radius 3 is 2.75 bits per heavy atom. The van der Waals surface area contributed by atoms with Gasteiger partial charge >= 0.3 is 0 Å². The first-order chi connectivity index (χ1) is 13.6. The van der Waals surface area contributed by atoms with Gasteiger partial charge in [-0.2, -0.15) is 5.10 Å². The van der Waals surface area contributed by atoms with E-state index in [9.17, 15) is 4.79 Å². The molecule has 2 N–H and O–H groups in total. The highest BCUT2D eigenvalue weighted by Gasteiger charge is 2.38. The van der Waals surface area contributed by atoms with Crippen LogP contribution in [0.2, 0.25) is 0 Å². The monoisotopic (exact) mass is 381 g/mol. The Labute approximate surface area is 167 Å². The SMILES string of the molecule is CCn1cc(C(=O)N2CCCC(C3NNCC3c3ccc(C)cc3)C2)c(C)n1. The molecule has 2 aliphatic rings. The normalized spacial score (nSPS) is 25.2. The molecule has 0 saturated carbocycles. The van der Waals surface area contributed by atoms with E-state index in [2.05, 4.69) is 47.1 Å². The van der Waals surface area contributed by atoms with Crippen molar-refractivity contribution in [3.8, 4) is 0 Å². The second kappa shape index (κ2) is 8.05. The lowest BCUT2D eigenvalue weighted by atomic mass is 9.81. The van der Waals surface area contributed by atoms with Crippen LogP contribution in [-0.2, 0) is 6.54 Å². The van der Waals surface area contributed by atoms with E-state index < -0.39 is 0 Å². The number of aromatic nitrogens is 2. The van der Waals surface area contributed by atoms with Crippen LogP contribution in [0.3, 0.4) is 0 Å². The van der Waals surface area contributed by atoms with Gasteiger partial charge in [0.1, 0.15) is 0 Å². The van der Waals surface area contributed by atoms with Crippen molar-refractivity contribution >= 4 is 5.91 Å². The van der Waals surface area contributed by atoms with Gasteiger partial charge in [-0.1, -0.05) is 29.8 Å². The number of likely N-dealkylation sites (tertiary alicyclic amines) is 1. The molecule has 150 valence electrons. The number of rotatable bonds is 4. The Morgan fingerprint density at radius 2 is 2.04 bits per heavy atom. The molecule has 1 aromatic heterocycles. The first-order valence-electron chi connectivity index (χ1n) is 10.4. The molecule has 1 aromatic carbocycles. The fourth-order valence-corrected chi connectivity index (χ4v) is 4.65. The molecular formula is C22H31N5O. The van der Waals surface area contributed by atoms with Crippen LogP contribution in [0.4, 0.5) is 0 Å². The molecule has 4 rings (SSSR count). The molecule has 0 aliphatic carbocycles. The summed E-state index contributed by atoms with van der Waals surface area (Å²) in [5, 5.41) is 4.45. The number of nitrogens with one attached hydrogen (secondary N) is 2. The predicted molar refractivity (Wildman–Crippen MR) is 110 cm³/mol. The van der Waals surface area contributed by atoms with Crippen molar-refractivity contribution in [1.29, 1.82) is 0 Å². The Bertz CT molecular complexity index is 828. The highest BCUT2D eigenvalue weighted by Crippen LogP contribution is 2.32. The minimum absolute atomic E-state index is 0.125. The number of hydrazine groups is 1. The second-order valence-electron chi connectivity index (χ2n) is 8.21. The number of aryl methyl sites for hydroxylation is 3. The molecule has 2 saturated heterocycles. The number of hydrogen-bond donors (Lipinski definition) is 2. The zero-order valence-corrected chi connectivity index (χ0v) is 17.1. The molecule has 3 unspecified atom stereocenters. The van der Waals surface area contributed by atoms with Crippen LogP contribution in [0.1, 0.15) is 52.9 Å². The summed E-state index contributed by atoms with van der Waals surface area (Å²) in [5.74, 6) is 1.01. The van der Waals surface area contributed by atoms with Crippen LogP contribution in [0.5, 0.6) is 0 Å². The van der Waals surface area contributed by atoms with Gasteiger partial charge in [0.2, 0.25) is 0 Å². The van der Waals surface area contributed by atoms with Gasteiger partial charge in [0.25, 0.3) is 5.91 Å². The van der Waals surface area contributed by atoms with E-state index in [4.69, 9.17) is 0 Å². The summed E-state index contributed by atoms with van der Waals surface area (Å²) >= 11 is 0. The van der Waals surface area contributed by atoms with Crippen molar-refractivity contribution in [1.82, 2.24) is 25.5 Å². The standard InChI is InChI=1S/C22H31N5O/c1-4-27-14-20(16(3)25-27)22(28)26-11-5-6-18(13-26)21-19(12-23-24-21)17-9-7-15(2)8-10-17/h7-10,14,18-19,21,23-24H,4-6,11-13H2,1-3H3. The Hall–Kier alpha value is -2.18.